The first-order chi connectivity index (χ1) is 20.6. The largest absolute Gasteiger partial charge is 0.467 e. The molecule has 0 aliphatic rings. The smallest absolute Gasteiger partial charge is 0.188 e. The molecule has 3 nitrogen and oxygen atoms in total. The van der Waals surface area contributed by atoms with Crippen LogP contribution in [0.1, 0.15) is 80.8 Å². The number of rotatable bonds is 13. The van der Waals surface area contributed by atoms with Crippen molar-refractivity contribution in [3.05, 3.63) is 124 Å². The van der Waals surface area contributed by atoms with Crippen LogP contribution in [-0.4, -0.2) is 13.9 Å². The normalized spacial score (nSPS) is 13.3. The van der Waals surface area contributed by atoms with Crippen molar-refractivity contribution >= 4 is 19.6 Å². The molecule has 0 radical (unpaired) electrons. The third-order valence-electron chi connectivity index (χ3n) is 8.23. The molecular weight excluding hydrogens is 545 g/mol. The molecule has 2 atom stereocenters. The average Bonchev–Trinajstić information content (AvgIpc) is 2.97. The van der Waals surface area contributed by atoms with E-state index in [0.717, 1.165) is 31.7 Å². The highest BCUT2D eigenvalue weighted by molar-refractivity contribution is 7.49. The molecule has 0 bridgehead atoms. The monoisotopic (exact) mass is 595 g/mol. The fourth-order valence-electron chi connectivity index (χ4n) is 5.88. The zero-order chi connectivity index (χ0) is 31.0. The number of anilines is 1. The van der Waals surface area contributed by atoms with Crippen molar-refractivity contribution in [3.8, 4) is 5.75 Å². The summed E-state index contributed by atoms with van der Waals surface area (Å²) in [5, 5.41) is 1.32. The minimum atomic E-state index is -0.115. The summed E-state index contributed by atoms with van der Waals surface area (Å²) in [5.41, 5.74) is 9.13. The van der Waals surface area contributed by atoms with Crippen molar-refractivity contribution in [1.29, 1.82) is 0 Å². The van der Waals surface area contributed by atoms with Gasteiger partial charge in [-0.05, 0) is 64.9 Å². The summed E-state index contributed by atoms with van der Waals surface area (Å²) in [6.07, 6.45) is 2.15. The highest BCUT2D eigenvalue weighted by Gasteiger charge is 2.34. The summed E-state index contributed by atoms with van der Waals surface area (Å²) in [4.78, 5) is 2.56. The van der Waals surface area contributed by atoms with E-state index in [9.17, 15) is 0 Å². The Hall–Kier alpha value is -3.13. The molecule has 2 unspecified atom stereocenters. The molecule has 0 amide bonds. The maximum atomic E-state index is 6.35. The lowest BCUT2D eigenvalue weighted by molar-refractivity contribution is 0.0495. The van der Waals surface area contributed by atoms with Gasteiger partial charge in [0.05, 0.1) is 0 Å². The van der Waals surface area contributed by atoms with Crippen LogP contribution < -0.4 is 14.9 Å². The lowest BCUT2D eigenvalue weighted by atomic mass is 9.82. The van der Waals surface area contributed by atoms with E-state index in [1.807, 2.05) is 0 Å². The summed E-state index contributed by atoms with van der Waals surface area (Å²) in [5.74, 6) is 0.971. The summed E-state index contributed by atoms with van der Waals surface area (Å²) in [6.45, 7) is 18.0. The number of hydrogen-bond donors (Lipinski definition) is 0. The van der Waals surface area contributed by atoms with Crippen LogP contribution in [0.3, 0.4) is 0 Å². The molecule has 0 N–H and O–H groups in total. The van der Waals surface area contributed by atoms with E-state index in [1.165, 1.54) is 44.4 Å². The maximum absolute atomic E-state index is 6.35. The topological polar surface area (TPSA) is 21.7 Å². The highest BCUT2D eigenvalue weighted by atomic mass is 31.1. The van der Waals surface area contributed by atoms with Gasteiger partial charge in [-0.3, -0.25) is 0 Å². The highest BCUT2D eigenvalue weighted by Crippen LogP contribution is 2.51. The molecule has 4 aromatic rings. The van der Waals surface area contributed by atoms with Gasteiger partial charge >= 0.3 is 0 Å². The summed E-state index contributed by atoms with van der Waals surface area (Å²) in [6, 6.07) is 33.2. The Balaban J connectivity index is 1.86. The van der Waals surface area contributed by atoms with Crippen molar-refractivity contribution in [2.24, 2.45) is 0 Å². The fourth-order valence-corrected chi connectivity index (χ4v) is 7.78. The quantitative estimate of drug-likeness (QED) is 0.113. The molecule has 4 heteroatoms. The average molecular weight is 596 g/mol. The van der Waals surface area contributed by atoms with Gasteiger partial charge in [-0.2, -0.15) is 0 Å². The van der Waals surface area contributed by atoms with Gasteiger partial charge in [-0.15, -0.1) is 0 Å². The van der Waals surface area contributed by atoms with Gasteiger partial charge in [-0.1, -0.05) is 135 Å². The lowest BCUT2D eigenvalue weighted by Crippen LogP contribution is -2.29. The third-order valence-corrected chi connectivity index (χ3v) is 10.2. The first-order valence-electron chi connectivity index (χ1n) is 15.5. The van der Waals surface area contributed by atoms with Gasteiger partial charge in [0.15, 0.2) is 6.79 Å². The zero-order valence-electron chi connectivity index (χ0n) is 27.5. The molecular formula is C39H50NO2P. The van der Waals surface area contributed by atoms with Gasteiger partial charge in [0.25, 0.3) is 0 Å². The van der Waals surface area contributed by atoms with Crippen molar-refractivity contribution in [3.63, 3.8) is 0 Å². The van der Waals surface area contributed by atoms with Crippen molar-refractivity contribution < 1.29 is 9.47 Å². The number of nitrogens with zero attached hydrogens (tertiary/aromatic N) is 1. The molecule has 0 fully saturated rings. The van der Waals surface area contributed by atoms with E-state index in [-0.39, 0.29) is 17.4 Å². The standard InChI is InChI=1S/C39H50NO2P/c1-9-23-39(7,34-25-33(38(4,5)6)24-30(3)36(34)42-28-41-8)43-37-29(2)17-16-22-35(37)40(26-31-18-12-10-13-19-31)27-32-20-14-11-15-21-32/h10-22,24-25,43H,9,23,26-28H2,1-8H3. The fraction of sp³-hybridized carbons (Fsp3) is 0.385. The first-order valence-corrected chi connectivity index (χ1v) is 16.5. The molecule has 43 heavy (non-hydrogen) atoms. The Kier molecular flexibility index (Phi) is 11.1. The van der Waals surface area contributed by atoms with Crippen LogP contribution in [0.4, 0.5) is 5.69 Å². The van der Waals surface area contributed by atoms with Crippen LogP contribution in [0.25, 0.3) is 0 Å². The van der Waals surface area contributed by atoms with Gasteiger partial charge in [0.2, 0.25) is 0 Å². The SMILES string of the molecule is CCCC(C)(Pc1c(C)cccc1N(Cc1ccccc1)Cc1ccccc1)c1cc(C(C)(C)C)cc(C)c1OCOC. The van der Waals surface area contributed by atoms with Crippen LogP contribution in [0, 0.1) is 13.8 Å². The van der Waals surface area contributed by atoms with E-state index in [0.29, 0.717) is 8.58 Å². The Morgan fingerprint density at radius 3 is 1.88 bits per heavy atom. The van der Waals surface area contributed by atoms with Gasteiger partial charge in [0, 0.05) is 36.6 Å². The van der Waals surface area contributed by atoms with Crippen molar-refractivity contribution in [1.82, 2.24) is 0 Å². The molecule has 4 rings (SSSR count). The van der Waals surface area contributed by atoms with Crippen molar-refractivity contribution in [2.75, 3.05) is 18.8 Å². The Labute approximate surface area is 262 Å². The maximum Gasteiger partial charge on any atom is 0.188 e. The minimum absolute atomic E-state index is 0.0333. The molecule has 0 heterocycles. The van der Waals surface area contributed by atoms with Crippen LogP contribution in [-0.2, 0) is 28.4 Å². The summed E-state index contributed by atoms with van der Waals surface area (Å²) in [7, 11) is 2.25. The van der Waals surface area contributed by atoms with Gasteiger partial charge < -0.3 is 14.4 Å². The van der Waals surface area contributed by atoms with Crippen molar-refractivity contribution in [2.45, 2.75) is 85.0 Å². The van der Waals surface area contributed by atoms with E-state index in [4.69, 9.17) is 9.47 Å². The van der Waals surface area contributed by atoms with Crippen LogP contribution >= 0.6 is 8.58 Å². The minimum Gasteiger partial charge on any atom is -0.467 e. The predicted molar refractivity (Wildman–Crippen MR) is 187 cm³/mol. The second kappa shape index (κ2) is 14.6. The van der Waals surface area contributed by atoms with Gasteiger partial charge in [-0.25, -0.2) is 0 Å². The zero-order valence-corrected chi connectivity index (χ0v) is 28.5. The number of hydrogen-bond acceptors (Lipinski definition) is 3. The summed E-state index contributed by atoms with van der Waals surface area (Å²) >= 11 is 0. The Morgan fingerprint density at radius 2 is 1.35 bits per heavy atom. The molecule has 0 saturated carbocycles. The predicted octanol–water partition coefficient (Wildman–Crippen LogP) is 9.81. The molecule has 0 aromatic heterocycles. The Bertz CT molecular complexity index is 1420. The molecule has 4 aromatic carbocycles. The van der Waals surface area contributed by atoms with E-state index in [2.05, 4.69) is 144 Å². The molecule has 228 valence electrons. The Morgan fingerprint density at radius 1 is 0.744 bits per heavy atom. The third kappa shape index (κ3) is 8.28. The number of methoxy groups -OCH3 is 1. The second-order valence-electron chi connectivity index (χ2n) is 13.0. The number of ether oxygens (including phenoxy) is 2. The van der Waals surface area contributed by atoms with E-state index >= 15 is 0 Å². The second-order valence-corrected chi connectivity index (χ2v) is 14.8. The molecule has 0 spiro atoms. The van der Waals surface area contributed by atoms with Crippen LogP contribution in [0.5, 0.6) is 5.75 Å². The number of aryl methyl sites for hydroxylation is 2. The first kappa shape index (κ1) is 32.8. The van der Waals surface area contributed by atoms with E-state index < -0.39 is 0 Å². The van der Waals surface area contributed by atoms with Crippen LogP contribution in [0.15, 0.2) is 91.0 Å². The molecule has 0 aliphatic carbocycles. The summed E-state index contributed by atoms with van der Waals surface area (Å²) < 4.78 is 11.8. The van der Waals surface area contributed by atoms with Crippen LogP contribution in [0.2, 0.25) is 0 Å². The van der Waals surface area contributed by atoms with Gasteiger partial charge in [0.1, 0.15) is 5.75 Å². The lowest BCUT2D eigenvalue weighted by Gasteiger charge is -2.37. The van der Waals surface area contributed by atoms with E-state index in [1.54, 1.807) is 7.11 Å². The number of benzene rings is 4. The molecule has 0 saturated heterocycles. The molecule has 0 aliphatic heterocycles.